The number of rotatable bonds is 2. The Morgan fingerprint density at radius 2 is 2.07 bits per heavy atom. The standard InChI is InChI=1S/C8H8ClF3N2/c9-7-2-1-5(4-14-7)6(3-13)8(10,11)12/h1-2,4,6H,3,13H2. The highest BCUT2D eigenvalue weighted by atomic mass is 35.5. The summed E-state index contributed by atoms with van der Waals surface area (Å²) in [7, 11) is 0. The van der Waals surface area contributed by atoms with Crippen molar-refractivity contribution >= 4 is 11.6 Å². The monoisotopic (exact) mass is 224 g/mol. The Morgan fingerprint density at radius 3 is 2.43 bits per heavy atom. The third-order valence-corrected chi connectivity index (χ3v) is 2.01. The molecular weight excluding hydrogens is 217 g/mol. The maximum absolute atomic E-state index is 12.4. The van der Waals surface area contributed by atoms with Crippen LogP contribution in [0.2, 0.25) is 5.15 Å². The van der Waals surface area contributed by atoms with Gasteiger partial charge in [-0.15, -0.1) is 0 Å². The van der Waals surface area contributed by atoms with Crippen LogP contribution in [0, 0.1) is 0 Å². The second kappa shape index (κ2) is 4.14. The molecule has 0 aliphatic rings. The molecule has 0 radical (unpaired) electrons. The van der Waals surface area contributed by atoms with Crippen molar-refractivity contribution in [2.45, 2.75) is 12.1 Å². The van der Waals surface area contributed by atoms with Gasteiger partial charge in [0.2, 0.25) is 0 Å². The van der Waals surface area contributed by atoms with E-state index in [0.29, 0.717) is 0 Å². The topological polar surface area (TPSA) is 38.9 Å². The van der Waals surface area contributed by atoms with Crippen LogP contribution >= 0.6 is 11.6 Å². The summed E-state index contributed by atoms with van der Waals surface area (Å²) < 4.78 is 37.1. The molecule has 0 bridgehead atoms. The summed E-state index contributed by atoms with van der Waals surface area (Å²) in [5.74, 6) is -1.67. The minimum absolute atomic E-state index is 0.0319. The summed E-state index contributed by atoms with van der Waals surface area (Å²) in [4.78, 5) is 3.57. The van der Waals surface area contributed by atoms with Crippen LogP contribution in [0.4, 0.5) is 13.2 Å². The van der Waals surface area contributed by atoms with Crippen molar-refractivity contribution in [1.29, 1.82) is 0 Å². The lowest BCUT2D eigenvalue weighted by Gasteiger charge is -2.18. The van der Waals surface area contributed by atoms with Gasteiger partial charge in [0.15, 0.2) is 0 Å². The molecule has 0 amide bonds. The SMILES string of the molecule is NCC(c1ccc(Cl)nc1)C(F)(F)F. The van der Waals surface area contributed by atoms with Gasteiger partial charge in [-0.25, -0.2) is 4.98 Å². The molecule has 0 aromatic carbocycles. The maximum Gasteiger partial charge on any atom is 0.397 e. The van der Waals surface area contributed by atoms with Gasteiger partial charge in [-0.3, -0.25) is 0 Å². The number of alkyl halides is 3. The van der Waals surface area contributed by atoms with Gasteiger partial charge in [0.25, 0.3) is 0 Å². The lowest BCUT2D eigenvalue weighted by Crippen LogP contribution is -2.28. The van der Waals surface area contributed by atoms with Gasteiger partial charge in [0, 0.05) is 12.7 Å². The molecule has 0 spiro atoms. The Kier molecular flexibility index (Phi) is 3.34. The molecule has 14 heavy (non-hydrogen) atoms. The number of pyridine rings is 1. The van der Waals surface area contributed by atoms with Gasteiger partial charge in [-0.1, -0.05) is 17.7 Å². The largest absolute Gasteiger partial charge is 0.397 e. The van der Waals surface area contributed by atoms with E-state index in [-0.39, 0.29) is 10.7 Å². The van der Waals surface area contributed by atoms with Crippen LogP contribution in [-0.4, -0.2) is 17.7 Å². The summed E-state index contributed by atoms with van der Waals surface area (Å²) >= 11 is 5.45. The van der Waals surface area contributed by atoms with Crippen LogP contribution in [0.25, 0.3) is 0 Å². The summed E-state index contributed by atoms with van der Waals surface area (Å²) in [6, 6.07) is 2.59. The molecule has 1 atom stereocenters. The summed E-state index contributed by atoms with van der Waals surface area (Å²) in [5.41, 5.74) is 5.08. The van der Waals surface area contributed by atoms with Crippen LogP contribution in [0.3, 0.4) is 0 Å². The van der Waals surface area contributed by atoms with Gasteiger partial charge in [0.05, 0.1) is 5.92 Å². The second-order valence-corrected chi connectivity index (χ2v) is 3.13. The highest BCUT2D eigenvalue weighted by molar-refractivity contribution is 6.29. The first-order chi connectivity index (χ1) is 6.45. The van der Waals surface area contributed by atoms with Crippen molar-refractivity contribution < 1.29 is 13.2 Å². The summed E-state index contributed by atoms with van der Waals surface area (Å²) in [5, 5.41) is 0.159. The number of aromatic nitrogens is 1. The fourth-order valence-electron chi connectivity index (χ4n) is 1.05. The predicted molar refractivity (Wildman–Crippen MR) is 47.1 cm³/mol. The van der Waals surface area contributed by atoms with E-state index in [4.69, 9.17) is 17.3 Å². The Hall–Kier alpha value is -0.810. The normalized spacial score (nSPS) is 14.1. The van der Waals surface area contributed by atoms with Crippen molar-refractivity contribution in [2.24, 2.45) is 5.73 Å². The first-order valence-corrected chi connectivity index (χ1v) is 4.21. The third kappa shape index (κ3) is 2.59. The molecular formula is C8H8ClF3N2. The zero-order valence-electron chi connectivity index (χ0n) is 7.05. The number of halogens is 4. The van der Waals surface area contributed by atoms with Crippen LogP contribution in [0.5, 0.6) is 0 Å². The minimum Gasteiger partial charge on any atom is -0.330 e. The van der Waals surface area contributed by atoms with Crippen LogP contribution < -0.4 is 5.73 Å². The van der Waals surface area contributed by atoms with E-state index in [1.807, 2.05) is 0 Å². The van der Waals surface area contributed by atoms with Crippen molar-refractivity contribution in [3.8, 4) is 0 Å². The highest BCUT2D eigenvalue weighted by Gasteiger charge is 2.39. The van der Waals surface area contributed by atoms with E-state index < -0.39 is 18.6 Å². The molecule has 2 nitrogen and oxygen atoms in total. The molecule has 0 aliphatic carbocycles. The number of nitrogens with zero attached hydrogens (tertiary/aromatic N) is 1. The van der Waals surface area contributed by atoms with Gasteiger partial charge in [-0.05, 0) is 11.6 Å². The van der Waals surface area contributed by atoms with E-state index in [1.165, 1.54) is 12.1 Å². The lowest BCUT2D eigenvalue weighted by atomic mass is 10.0. The molecule has 1 unspecified atom stereocenters. The Balaban J connectivity index is 2.96. The zero-order valence-corrected chi connectivity index (χ0v) is 7.81. The maximum atomic E-state index is 12.4. The van der Waals surface area contributed by atoms with Crippen LogP contribution in [0.15, 0.2) is 18.3 Å². The van der Waals surface area contributed by atoms with E-state index in [0.717, 1.165) is 6.20 Å². The summed E-state index contributed by atoms with van der Waals surface area (Å²) in [6.07, 6.45) is -3.25. The fraction of sp³-hybridized carbons (Fsp3) is 0.375. The van der Waals surface area contributed by atoms with Gasteiger partial charge >= 0.3 is 6.18 Å². The molecule has 1 aromatic heterocycles. The molecule has 0 saturated heterocycles. The van der Waals surface area contributed by atoms with Crippen LogP contribution in [0.1, 0.15) is 11.5 Å². The van der Waals surface area contributed by atoms with E-state index in [1.54, 1.807) is 0 Å². The second-order valence-electron chi connectivity index (χ2n) is 2.74. The zero-order chi connectivity index (χ0) is 10.8. The first-order valence-electron chi connectivity index (χ1n) is 3.83. The number of nitrogens with two attached hydrogens (primary N) is 1. The molecule has 78 valence electrons. The smallest absolute Gasteiger partial charge is 0.330 e. The Labute approximate surface area is 83.9 Å². The van der Waals surface area contributed by atoms with Crippen molar-refractivity contribution in [3.05, 3.63) is 29.0 Å². The quantitative estimate of drug-likeness (QED) is 0.784. The summed E-state index contributed by atoms with van der Waals surface area (Å²) in [6.45, 7) is -0.493. The third-order valence-electron chi connectivity index (χ3n) is 1.78. The van der Waals surface area contributed by atoms with E-state index >= 15 is 0 Å². The van der Waals surface area contributed by atoms with Crippen molar-refractivity contribution in [2.75, 3.05) is 6.54 Å². The van der Waals surface area contributed by atoms with Crippen molar-refractivity contribution in [1.82, 2.24) is 4.98 Å². The predicted octanol–water partition coefficient (Wildman–Crippen LogP) is 2.34. The average Bonchev–Trinajstić information content (AvgIpc) is 2.07. The van der Waals surface area contributed by atoms with Crippen molar-refractivity contribution in [3.63, 3.8) is 0 Å². The molecule has 1 rings (SSSR count). The molecule has 0 saturated carbocycles. The molecule has 6 heteroatoms. The number of hydrogen-bond acceptors (Lipinski definition) is 2. The Bertz CT molecular complexity index is 296. The minimum atomic E-state index is -4.34. The van der Waals surface area contributed by atoms with Gasteiger partial charge < -0.3 is 5.73 Å². The molecule has 1 aromatic rings. The molecule has 0 aliphatic heterocycles. The molecule has 2 N–H and O–H groups in total. The highest BCUT2D eigenvalue weighted by Crippen LogP contribution is 2.33. The van der Waals surface area contributed by atoms with E-state index in [2.05, 4.69) is 4.98 Å². The Morgan fingerprint density at radius 1 is 1.43 bits per heavy atom. The van der Waals surface area contributed by atoms with Crippen LogP contribution in [-0.2, 0) is 0 Å². The first kappa shape index (κ1) is 11.3. The van der Waals surface area contributed by atoms with E-state index in [9.17, 15) is 13.2 Å². The lowest BCUT2D eigenvalue weighted by molar-refractivity contribution is -0.148. The van der Waals surface area contributed by atoms with Gasteiger partial charge in [-0.2, -0.15) is 13.2 Å². The fourth-order valence-corrected chi connectivity index (χ4v) is 1.16. The van der Waals surface area contributed by atoms with Gasteiger partial charge in [0.1, 0.15) is 5.15 Å². The average molecular weight is 225 g/mol. The molecule has 1 heterocycles. The number of hydrogen-bond donors (Lipinski definition) is 1. The molecule has 0 fully saturated rings.